The van der Waals surface area contributed by atoms with E-state index in [4.69, 9.17) is 14.2 Å². The lowest BCUT2D eigenvalue weighted by Crippen LogP contribution is -2.33. The average Bonchev–Trinajstić information content (AvgIpc) is 3.14. The molecule has 2 fully saturated rings. The minimum atomic E-state index is -0.686. The van der Waals surface area contributed by atoms with Crippen LogP contribution in [0.25, 0.3) is 11.5 Å². The van der Waals surface area contributed by atoms with Crippen molar-refractivity contribution in [2.24, 2.45) is 0 Å². The number of rotatable bonds is 1. The SMILES string of the molecule is O=C1O[C@H]2CO/C(=c3\cccc\c3=C(\O)c3ccccc3)[C@H]2O1. The van der Waals surface area contributed by atoms with Gasteiger partial charge in [-0.25, -0.2) is 4.79 Å². The van der Waals surface area contributed by atoms with Crippen LogP contribution in [0, 0.1) is 0 Å². The Hall–Kier alpha value is -2.95. The number of fused-ring (bicyclic) bond motifs is 1. The van der Waals surface area contributed by atoms with Gasteiger partial charge in [0.25, 0.3) is 0 Å². The second-order valence-corrected chi connectivity index (χ2v) is 5.38. The van der Waals surface area contributed by atoms with Crippen LogP contribution in [-0.2, 0) is 14.2 Å². The molecule has 2 aromatic carbocycles. The minimum absolute atomic E-state index is 0.144. The van der Waals surface area contributed by atoms with E-state index in [0.717, 1.165) is 0 Å². The second-order valence-electron chi connectivity index (χ2n) is 5.38. The van der Waals surface area contributed by atoms with Crippen molar-refractivity contribution < 1.29 is 24.1 Å². The van der Waals surface area contributed by atoms with Crippen molar-refractivity contribution in [2.45, 2.75) is 12.2 Å². The smallest absolute Gasteiger partial charge is 0.507 e. The molecule has 0 radical (unpaired) electrons. The molecule has 0 unspecified atom stereocenters. The predicted octanol–water partition coefficient (Wildman–Crippen LogP) is 1.44. The lowest BCUT2D eigenvalue weighted by atomic mass is 10.1. The van der Waals surface area contributed by atoms with Crippen LogP contribution in [0.4, 0.5) is 4.79 Å². The van der Waals surface area contributed by atoms with E-state index in [0.29, 0.717) is 21.8 Å². The first-order valence-corrected chi connectivity index (χ1v) is 7.32. The Morgan fingerprint density at radius 1 is 1.00 bits per heavy atom. The number of carbonyl (C=O) groups is 1. The van der Waals surface area contributed by atoms with Crippen LogP contribution in [0.5, 0.6) is 0 Å². The summed E-state index contributed by atoms with van der Waals surface area (Å²) in [5.74, 6) is 0.657. The molecule has 1 N–H and O–H groups in total. The highest BCUT2D eigenvalue weighted by atomic mass is 16.8. The summed E-state index contributed by atoms with van der Waals surface area (Å²) in [7, 11) is 0. The van der Waals surface area contributed by atoms with E-state index in [1.54, 1.807) is 6.07 Å². The summed E-state index contributed by atoms with van der Waals surface area (Å²) in [6.45, 7) is 0.256. The van der Waals surface area contributed by atoms with E-state index in [1.165, 1.54) is 0 Å². The maximum atomic E-state index is 11.3. The summed E-state index contributed by atoms with van der Waals surface area (Å²) in [6, 6.07) is 16.6. The van der Waals surface area contributed by atoms with Crippen LogP contribution in [-0.4, -0.2) is 30.1 Å². The molecule has 0 aliphatic carbocycles. The van der Waals surface area contributed by atoms with Gasteiger partial charge >= 0.3 is 6.16 Å². The Kier molecular flexibility index (Phi) is 3.19. The number of carbonyl (C=O) groups excluding carboxylic acids is 1. The van der Waals surface area contributed by atoms with Gasteiger partial charge in [-0.15, -0.1) is 0 Å². The zero-order valence-electron chi connectivity index (χ0n) is 12.1. The maximum absolute atomic E-state index is 11.3. The number of hydrogen-bond acceptors (Lipinski definition) is 5. The highest BCUT2D eigenvalue weighted by molar-refractivity contribution is 5.67. The monoisotopic (exact) mass is 310 g/mol. The second kappa shape index (κ2) is 5.35. The summed E-state index contributed by atoms with van der Waals surface area (Å²) < 4.78 is 15.9. The molecule has 2 saturated heterocycles. The van der Waals surface area contributed by atoms with Crippen molar-refractivity contribution in [1.82, 2.24) is 0 Å². The molecule has 0 aromatic heterocycles. The number of aliphatic hydroxyl groups excluding tert-OH is 1. The average molecular weight is 310 g/mol. The molecule has 0 spiro atoms. The number of benzene rings is 2. The van der Waals surface area contributed by atoms with Gasteiger partial charge in [0.1, 0.15) is 18.1 Å². The zero-order chi connectivity index (χ0) is 15.8. The summed E-state index contributed by atoms with van der Waals surface area (Å²) >= 11 is 0. The fourth-order valence-electron chi connectivity index (χ4n) is 2.88. The largest absolute Gasteiger partial charge is 0.509 e. The molecule has 2 atom stereocenters. The summed E-state index contributed by atoms with van der Waals surface area (Å²) in [4.78, 5) is 11.3. The highest BCUT2D eigenvalue weighted by Crippen LogP contribution is 2.29. The molecular weight excluding hydrogens is 296 g/mol. The maximum Gasteiger partial charge on any atom is 0.509 e. The van der Waals surface area contributed by atoms with Crippen molar-refractivity contribution in [3.63, 3.8) is 0 Å². The standard InChI is InChI=1S/C18H14O5/c19-15(11-6-2-1-3-7-11)12-8-4-5-9-13(12)16-17-14(10-21-16)22-18(20)23-17/h1-9,14,17,19H,10H2/b15-12-,16-13+/t14-,17-/m0/s1. The Morgan fingerprint density at radius 3 is 2.57 bits per heavy atom. The molecule has 23 heavy (non-hydrogen) atoms. The molecule has 0 bridgehead atoms. The third-order valence-corrected chi connectivity index (χ3v) is 3.96. The molecule has 116 valence electrons. The Morgan fingerprint density at radius 2 is 1.74 bits per heavy atom. The lowest BCUT2D eigenvalue weighted by Gasteiger charge is -2.06. The lowest BCUT2D eigenvalue weighted by molar-refractivity contribution is 0.0942. The molecule has 2 aromatic rings. The Balaban J connectivity index is 1.95. The molecule has 5 heteroatoms. The quantitative estimate of drug-likeness (QED) is 0.808. The molecule has 5 nitrogen and oxygen atoms in total. The van der Waals surface area contributed by atoms with Gasteiger partial charge < -0.3 is 19.3 Å². The molecule has 2 aliphatic heterocycles. The normalized spacial score (nSPS) is 26.0. The molecule has 0 amide bonds. The van der Waals surface area contributed by atoms with Crippen molar-refractivity contribution in [3.8, 4) is 0 Å². The van der Waals surface area contributed by atoms with Gasteiger partial charge in [0, 0.05) is 16.0 Å². The Bertz CT molecular complexity index is 872. The molecular formula is C18H14O5. The van der Waals surface area contributed by atoms with Crippen molar-refractivity contribution in [2.75, 3.05) is 6.61 Å². The fraction of sp³-hybridized carbons (Fsp3) is 0.167. The first kappa shape index (κ1) is 13.7. The van der Waals surface area contributed by atoms with E-state index < -0.39 is 18.4 Å². The van der Waals surface area contributed by atoms with Gasteiger partial charge in [-0.3, -0.25) is 0 Å². The van der Waals surface area contributed by atoms with Gasteiger partial charge in [-0.05, 0) is 0 Å². The van der Waals surface area contributed by atoms with E-state index in [1.807, 2.05) is 48.5 Å². The van der Waals surface area contributed by atoms with Crippen LogP contribution in [0.15, 0.2) is 54.6 Å². The number of aliphatic hydroxyl groups is 1. The Labute approximate surface area is 132 Å². The zero-order valence-corrected chi connectivity index (χ0v) is 12.1. The van der Waals surface area contributed by atoms with Crippen LogP contribution in [0.1, 0.15) is 5.56 Å². The fourth-order valence-corrected chi connectivity index (χ4v) is 2.88. The topological polar surface area (TPSA) is 65.0 Å². The first-order chi connectivity index (χ1) is 11.2. The van der Waals surface area contributed by atoms with Crippen molar-refractivity contribution in [1.29, 1.82) is 0 Å². The van der Waals surface area contributed by atoms with Gasteiger partial charge in [0.05, 0.1) is 0 Å². The predicted molar refractivity (Wildman–Crippen MR) is 81.8 cm³/mol. The first-order valence-electron chi connectivity index (χ1n) is 7.32. The minimum Gasteiger partial charge on any atom is -0.507 e. The van der Waals surface area contributed by atoms with Crippen molar-refractivity contribution in [3.05, 3.63) is 70.6 Å². The van der Waals surface area contributed by atoms with Gasteiger partial charge in [0.15, 0.2) is 6.10 Å². The van der Waals surface area contributed by atoms with Gasteiger partial charge in [-0.2, -0.15) is 0 Å². The molecule has 2 heterocycles. The number of hydrogen-bond donors (Lipinski definition) is 1. The highest BCUT2D eigenvalue weighted by Gasteiger charge is 2.46. The van der Waals surface area contributed by atoms with Crippen LogP contribution < -0.4 is 10.4 Å². The third kappa shape index (κ3) is 2.30. The van der Waals surface area contributed by atoms with Crippen LogP contribution in [0.3, 0.4) is 0 Å². The summed E-state index contributed by atoms with van der Waals surface area (Å²) in [6.07, 6.45) is -1.67. The van der Waals surface area contributed by atoms with Gasteiger partial charge in [-0.1, -0.05) is 54.6 Å². The molecule has 4 rings (SSSR count). The number of ether oxygens (including phenoxy) is 3. The van der Waals surface area contributed by atoms with Crippen molar-refractivity contribution >= 4 is 17.7 Å². The molecule has 0 saturated carbocycles. The summed E-state index contributed by atoms with van der Waals surface area (Å²) in [5, 5.41) is 12.0. The summed E-state index contributed by atoms with van der Waals surface area (Å²) in [5.41, 5.74) is 0.703. The van der Waals surface area contributed by atoms with E-state index >= 15 is 0 Å². The van der Waals surface area contributed by atoms with E-state index in [9.17, 15) is 9.90 Å². The van der Waals surface area contributed by atoms with E-state index in [-0.39, 0.29) is 12.4 Å². The van der Waals surface area contributed by atoms with E-state index in [2.05, 4.69) is 0 Å². The van der Waals surface area contributed by atoms with Crippen LogP contribution in [0.2, 0.25) is 0 Å². The third-order valence-electron chi connectivity index (χ3n) is 3.96. The van der Waals surface area contributed by atoms with Gasteiger partial charge in [0.2, 0.25) is 6.10 Å². The van der Waals surface area contributed by atoms with Crippen LogP contribution >= 0.6 is 0 Å². The molecule has 2 aliphatic rings.